The molecule has 0 bridgehead atoms. The molecule has 1 amide bonds. The first kappa shape index (κ1) is 14.3. The van der Waals surface area contributed by atoms with E-state index in [4.69, 9.17) is 16.6 Å². The van der Waals surface area contributed by atoms with Gasteiger partial charge in [-0.3, -0.25) is 4.79 Å². The molecule has 0 atom stereocenters. The molecule has 0 saturated carbocycles. The van der Waals surface area contributed by atoms with Crippen LogP contribution in [0.25, 0.3) is 0 Å². The first-order valence-electron chi connectivity index (χ1n) is 5.90. The Bertz CT molecular complexity index is 430. The molecule has 0 fully saturated rings. The van der Waals surface area contributed by atoms with Crippen molar-refractivity contribution >= 4 is 17.3 Å². The summed E-state index contributed by atoms with van der Waals surface area (Å²) >= 11 is 0. The highest BCUT2D eigenvalue weighted by atomic mass is 16.3. The number of anilines is 2. The number of aliphatic hydroxyl groups is 1. The van der Waals surface area contributed by atoms with Gasteiger partial charge in [0.05, 0.1) is 5.56 Å². The van der Waals surface area contributed by atoms with E-state index in [-0.39, 0.29) is 17.9 Å². The van der Waals surface area contributed by atoms with Crippen LogP contribution in [0.4, 0.5) is 11.4 Å². The van der Waals surface area contributed by atoms with Crippen LogP contribution in [0.3, 0.4) is 0 Å². The molecular formula is C13H21N3O2. The van der Waals surface area contributed by atoms with Gasteiger partial charge in [-0.25, -0.2) is 0 Å². The molecule has 0 radical (unpaired) electrons. The minimum atomic E-state index is -0.224. The summed E-state index contributed by atoms with van der Waals surface area (Å²) in [4.78, 5) is 11.9. The molecule has 0 saturated heterocycles. The highest BCUT2D eigenvalue weighted by Crippen LogP contribution is 2.19. The third kappa shape index (κ3) is 3.92. The number of nitrogen functional groups attached to an aromatic ring is 2. The van der Waals surface area contributed by atoms with Gasteiger partial charge in [0.1, 0.15) is 0 Å². The number of hydrogen-bond acceptors (Lipinski definition) is 4. The fourth-order valence-electron chi connectivity index (χ4n) is 1.59. The van der Waals surface area contributed by atoms with Crippen molar-refractivity contribution in [3.63, 3.8) is 0 Å². The Morgan fingerprint density at radius 2 is 2.06 bits per heavy atom. The van der Waals surface area contributed by atoms with Crippen molar-refractivity contribution in [2.75, 3.05) is 24.6 Å². The summed E-state index contributed by atoms with van der Waals surface area (Å²) < 4.78 is 0. The average molecular weight is 251 g/mol. The van der Waals surface area contributed by atoms with Crippen molar-refractivity contribution in [3.8, 4) is 0 Å². The van der Waals surface area contributed by atoms with E-state index in [0.717, 1.165) is 0 Å². The molecule has 0 aliphatic heterocycles. The molecule has 0 spiro atoms. The van der Waals surface area contributed by atoms with E-state index in [1.807, 2.05) is 13.8 Å². The van der Waals surface area contributed by atoms with Crippen LogP contribution in [0, 0.1) is 5.41 Å². The minimum absolute atomic E-state index is 0.104. The smallest absolute Gasteiger partial charge is 0.253 e. The summed E-state index contributed by atoms with van der Waals surface area (Å²) in [7, 11) is 0. The lowest BCUT2D eigenvalue weighted by atomic mass is 9.89. The molecule has 0 unspecified atom stereocenters. The maximum atomic E-state index is 11.9. The van der Waals surface area contributed by atoms with E-state index in [9.17, 15) is 4.79 Å². The number of nitrogens with two attached hydrogens (primary N) is 2. The van der Waals surface area contributed by atoms with Crippen LogP contribution in [0.1, 0.15) is 30.6 Å². The predicted octanol–water partition coefficient (Wildman–Crippen LogP) is 0.989. The second kappa shape index (κ2) is 5.73. The zero-order valence-corrected chi connectivity index (χ0v) is 10.9. The van der Waals surface area contributed by atoms with Crippen LogP contribution in [-0.4, -0.2) is 24.2 Å². The standard InChI is InChI=1S/C13H21N3O2/c1-13(2,5-6-17)8-16-12(18)10-4-3-9(14)7-11(10)15/h3-4,7,17H,5-6,8,14-15H2,1-2H3,(H,16,18). The number of amides is 1. The normalized spacial score (nSPS) is 11.3. The van der Waals surface area contributed by atoms with Crippen LogP contribution in [-0.2, 0) is 0 Å². The van der Waals surface area contributed by atoms with Crippen molar-refractivity contribution < 1.29 is 9.90 Å². The van der Waals surface area contributed by atoms with Gasteiger partial charge in [0.15, 0.2) is 0 Å². The molecule has 1 aromatic carbocycles. The summed E-state index contributed by atoms with van der Waals surface area (Å²) in [5.41, 5.74) is 12.5. The van der Waals surface area contributed by atoms with Gasteiger partial charge in [-0.15, -0.1) is 0 Å². The first-order valence-corrected chi connectivity index (χ1v) is 5.90. The highest BCUT2D eigenvalue weighted by Gasteiger charge is 2.19. The van der Waals surface area contributed by atoms with Gasteiger partial charge in [-0.05, 0) is 30.0 Å². The van der Waals surface area contributed by atoms with Crippen LogP contribution in [0.2, 0.25) is 0 Å². The monoisotopic (exact) mass is 251 g/mol. The molecule has 0 aliphatic carbocycles. The van der Waals surface area contributed by atoms with Crippen molar-refractivity contribution in [2.24, 2.45) is 5.41 Å². The maximum Gasteiger partial charge on any atom is 0.253 e. The first-order chi connectivity index (χ1) is 8.35. The fourth-order valence-corrected chi connectivity index (χ4v) is 1.59. The molecule has 1 aromatic rings. The van der Waals surface area contributed by atoms with E-state index in [1.54, 1.807) is 18.2 Å². The molecule has 1 rings (SSSR count). The van der Waals surface area contributed by atoms with Gasteiger partial charge < -0.3 is 21.9 Å². The summed E-state index contributed by atoms with van der Waals surface area (Å²) in [6, 6.07) is 4.82. The molecule has 0 aliphatic rings. The molecule has 6 N–H and O–H groups in total. The molecule has 0 heterocycles. The largest absolute Gasteiger partial charge is 0.399 e. The Labute approximate surface area is 107 Å². The molecular weight excluding hydrogens is 230 g/mol. The number of carbonyl (C=O) groups is 1. The summed E-state index contributed by atoms with van der Waals surface area (Å²) in [5, 5.41) is 11.7. The third-order valence-corrected chi connectivity index (χ3v) is 2.84. The summed E-state index contributed by atoms with van der Waals surface area (Å²) in [6.07, 6.45) is 0.629. The van der Waals surface area contributed by atoms with E-state index >= 15 is 0 Å². The Morgan fingerprint density at radius 1 is 1.39 bits per heavy atom. The van der Waals surface area contributed by atoms with Crippen LogP contribution >= 0.6 is 0 Å². The second-order valence-corrected chi connectivity index (χ2v) is 5.17. The van der Waals surface area contributed by atoms with E-state index in [0.29, 0.717) is 29.9 Å². The highest BCUT2D eigenvalue weighted by molar-refractivity contribution is 5.99. The van der Waals surface area contributed by atoms with Gasteiger partial charge >= 0.3 is 0 Å². The van der Waals surface area contributed by atoms with E-state index < -0.39 is 0 Å². The van der Waals surface area contributed by atoms with Crippen molar-refractivity contribution in [2.45, 2.75) is 20.3 Å². The van der Waals surface area contributed by atoms with Gasteiger partial charge in [0.25, 0.3) is 5.91 Å². The molecule has 100 valence electrons. The van der Waals surface area contributed by atoms with Crippen molar-refractivity contribution in [1.29, 1.82) is 0 Å². The predicted molar refractivity (Wildman–Crippen MR) is 73.1 cm³/mol. The lowest BCUT2D eigenvalue weighted by Crippen LogP contribution is -2.34. The van der Waals surface area contributed by atoms with Crippen LogP contribution in [0.15, 0.2) is 18.2 Å². The lowest BCUT2D eigenvalue weighted by Gasteiger charge is -2.24. The zero-order chi connectivity index (χ0) is 13.8. The molecule has 18 heavy (non-hydrogen) atoms. The van der Waals surface area contributed by atoms with Gasteiger partial charge in [0.2, 0.25) is 0 Å². The average Bonchev–Trinajstić information content (AvgIpc) is 2.26. The molecule has 5 nitrogen and oxygen atoms in total. The number of benzene rings is 1. The minimum Gasteiger partial charge on any atom is -0.399 e. The Kier molecular flexibility index (Phi) is 4.55. The van der Waals surface area contributed by atoms with Crippen LogP contribution in [0.5, 0.6) is 0 Å². The fraction of sp³-hybridized carbons (Fsp3) is 0.462. The Balaban J connectivity index is 2.66. The Morgan fingerprint density at radius 3 is 2.61 bits per heavy atom. The number of nitrogens with one attached hydrogen (secondary N) is 1. The summed E-state index contributed by atoms with van der Waals surface area (Å²) in [5.74, 6) is -0.224. The third-order valence-electron chi connectivity index (χ3n) is 2.84. The Hall–Kier alpha value is -1.75. The topological polar surface area (TPSA) is 101 Å². The number of rotatable bonds is 5. The zero-order valence-electron chi connectivity index (χ0n) is 10.9. The molecule has 0 aromatic heterocycles. The maximum absolute atomic E-state index is 11.9. The van der Waals surface area contributed by atoms with Crippen molar-refractivity contribution in [1.82, 2.24) is 5.32 Å². The quantitative estimate of drug-likeness (QED) is 0.586. The van der Waals surface area contributed by atoms with Gasteiger partial charge in [-0.1, -0.05) is 13.8 Å². The number of hydrogen-bond donors (Lipinski definition) is 4. The molecule has 5 heteroatoms. The lowest BCUT2D eigenvalue weighted by molar-refractivity contribution is 0.0929. The second-order valence-electron chi connectivity index (χ2n) is 5.17. The summed E-state index contributed by atoms with van der Waals surface area (Å²) in [6.45, 7) is 4.55. The van der Waals surface area contributed by atoms with Crippen molar-refractivity contribution in [3.05, 3.63) is 23.8 Å². The number of aliphatic hydroxyl groups excluding tert-OH is 1. The van der Waals surface area contributed by atoms with Crippen LogP contribution < -0.4 is 16.8 Å². The van der Waals surface area contributed by atoms with E-state index in [1.165, 1.54) is 0 Å². The number of carbonyl (C=O) groups excluding carboxylic acids is 1. The van der Waals surface area contributed by atoms with E-state index in [2.05, 4.69) is 5.32 Å². The van der Waals surface area contributed by atoms with Gasteiger partial charge in [-0.2, -0.15) is 0 Å². The van der Waals surface area contributed by atoms with Gasteiger partial charge in [0, 0.05) is 24.5 Å². The SMILES string of the molecule is CC(C)(CCO)CNC(=O)c1ccc(N)cc1N.